The fourth-order valence-corrected chi connectivity index (χ4v) is 1.11. The fraction of sp³-hybridized carbons (Fsp3) is 0.429. The number of anilines is 1. The number of aromatic nitrogens is 2. The maximum Gasteiger partial charge on any atom is 0.220 e. The summed E-state index contributed by atoms with van der Waals surface area (Å²) in [5, 5.41) is 0.578. The summed E-state index contributed by atoms with van der Waals surface area (Å²) in [5.41, 5.74) is 6.19. The van der Waals surface area contributed by atoms with Crippen LogP contribution < -0.4 is 5.73 Å². The Bertz CT molecular complexity index is 260. The Labute approximate surface area is 70.6 Å². The molecule has 1 heterocycles. The zero-order valence-corrected chi connectivity index (χ0v) is 7.26. The van der Waals surface area contributed by atoms with E-state index in [0.29, 0.717) is 5.02 Å². The number of nitrogens with zero attached hydrogens (tertiary/aromatic N) is 2. The van der Waals surface area contributed by atoms with E-state index in [2.05, 4.69) is 9.97 Å². The standard InChI is InChI=1S/C7H10ClN3/c1-4(2)6-5(8)3-10-7(9)11-6/h3-4H,1-2H3,(H2,9,10,11). The van der Waals surface area contributed by atoms with Crippen LogP contribution in [0.5, 0.6) is 0 Å². The fourth-order valence-electron chi connectivity index (χ4n) is 0.799. The lowest BCUT2D eigenvalue weighted by molar-refractivity contribution is 0.818. The van der Waals surface area contributed by atoms with Crippen molar-refractivity contribution in [3.63, 3.8) is 0 Å². The van der Waals surface area contributed by atoms with Crippen LogP contribution in [0.25, 0.3) is 0 Å². The first-order valence-corrected chi connectivity index (χ1v) is 3.77. The van der Waals surface area contributed by atoms with Crippen LogP contribution >= 0.6 is 11.6 Å². The second-order valence-corrected chi connectivity index (χ2v) is 3.02. The van der Waals surface area contributed by atoms with Gasteiger partial charge in [0, 0.05) is 0 Å². The second kappa shape index (κ2) is 3.05. The summed E-state index contributed by atoms with van der Waals surface area (Å²) >= 11 is 5.81. The van der Waals surface area contributed by atoms with Crippen LogP contribution in [0.15, 0.2) is 6.20 Å². The average Bonchev–Trinajstić information content (AvgIpc) is 1.94. The summed E-state index contributed by atoms with van der Waals surface area (Å²) in [7, 11) is 0. The molecule has 1 aromatic heterocycles. The van der Waals surface area contributed by atoms with Crippen molar-refractivity contribution < 1.29 is 0 Å². The summed E-state index contributed by atoms with van der Waals surface area (Å²) in [5.74, 6) is 0.561. The van der Waals surface area contributed by atoms with Gasteiger partial charge in [0.05, 0.1) is 16.9 Å². The largest absolute Gasteiger partial charge is 0.368 e. The van der Waals surface area contributed by atoms with Crippen molar-refractivity contribution in [1.29, 1.82) is 0 Å². The van der Waals surface area contributed by atoms with Gasteiger partial charge in [0.25, 0.3) is 0 Å². The third-order valence-electron chi connectivity index (χ3n) is 1.34. The van der Waals surface area contributed by atoms with Crippen molar-refractivity contribution in [2.24, 2.45) is 0 Å². The number of nitrogens with two attached hydrogens (primary N) is 1. The SMILES string of the molecule is CC(C)c1nc(N)ncc1Cl. The van der Waals surface area contributed by atoms with Gasteiger partial charge in [-0.1, -0.05) is 25.4 Å². The molecule has 1 rings (SSSR count). The summed E-state index contributed by atoms with van der Waals surface area (Å²) in [6, 6.07) is 0. The van der Waals surface area contributed by atoms with Crippen molar-refractivity contribution in [1.82, 2.24) is 9.97 Å². The molecule has 11 heavy (non-hydrogen) atoms. The van der Waals surface area contributed by atoms with E-state index in [1.54, 1.807) is 0 Å². The Balaban J connectivity index is 3.13. The Kier molecular flexibility index (Phi) is 2.29. The van der Waals surface area contributed by atoms with E-state index < -0.39 is 0 Å². The van der Waals surface area contributed by atoms with Crippen LogP contribution in [0.1, 0.15) is 25.5 Å². The molecule has 0 unspecified atom stereocenters. The molecule has 3 nitrogen and oxygen atoms in total. The minimum Gasteiger partial charge on any atom is -0.368 e. The number of rotatable bonds is 1. The molecule has 60 valence electrons. The van der Waals surface area contributed by atoms with Crippen LogP contribution in [-0.4, -0.2) is 9.97 Å². The number of hydrogen-bond acceptors (Lipinski definition) is 3. The zero-order chi connectivity index (χ0) is 8.43. The quantitative estimate of drug-likeness (QED) is 0.702. The Morgan fingerprint density at radius 1 is 1.55 bits per heavy atom. The highest BCUT2D eigenvalue weighted by Gasteiger charge is 2.06. The molecule has 0 saturated heterocycles. The molecular weight excluding hydrogens is 162 g/mol. The molecule has 2 N–H and O–H groups in total. The first kappa shape index (κ1) is 8.27. The minimum atomic E-state index is 0.276. The van der Waals surface area contributed by atoms with Crippen molar-refractivity contribution in [2.75, 3.05) is 5.73 Å². The van der Waals surface area contributed by atoms with Gasteiger partial charge in [0.2, 0.25) is 5.95 Å². The summed E-state index contributed by atoms with van der Waals surface area (Å²) < 4.78 is 0. The maximum atomic E-state index is 5.81. The third-order valence-corrected chi connectivity index (χ3v) is 1.63. The molecule has 0 aromatic carbocycles. The molecule has 0 aliphatic heterocycles. The lowest BCUT2D eigenvalue weighted by atomic mass is 10.1. The lowest BCUT2D eigenvalue weighted by Crippen LogP contribution is -2.00. The molecular formula is C7H10ClN3. The van der Waals surface area contributed by atoms with Crippen molar-refractivity contribution >= 4 is 17.5 Å². The van der Waals surface area contributed by atoms with Gasteiger partial charge in [0.1, 0.15) is 0 Å². The Morgan fingerprint density at radius 2 is 2.18 bits per heavy atom. The predicted octanol–water partition coefficient (Wildman–Crippen LogP) is 1.84. The highest BCUT2D eigenvalue weighted by molar-refractivity contribution is 6.31. The van der Waals surface area contributed by atoms with Gasteiger partial charge in [-0.25, -0.2) is 9.97 Å². The summed E-state index contributed by atoms with van der Waals surface area (Å²) in [4.78, 5) is 7.76. The topological polar surface area (TPSA) is 51.8 Å². The molecule has 0 spiro atoms. The molecule has 0 amide bonds. The first-order valence-electron chi connectivity index (χ1n) is 3.39. The van der Waals surface area contributed by atoms with E-state index in [1.807, 2.05) is 13.8 Å². The van der Waals surface area contributed by atoms with Crippen LogP contribution in [0, 0.1) is 0 Å². The van der Waals surface area contributed by atoms with Crippen LogP contribution in [0.2, 0.25) is 5.02 Å². The summed E-state index contributed by atoms with van der Waals surface area (Å²) in [6.07, 6.45) is 1.53. The van der Waals surface area contributed by atoms with Gasteiger partial charge in [-0.3, -0.25) is 0 Å². The normalized spacial score (nSPS) is 10.5. The van der Waals surface area contributed by atoms with Gasteiger partial charge in [0.15, 0.2) is 0 Å². The number of halogens is 1. The van der Waals surface area contributed by atoms with Crippen molar-refractivity contribution in [3.8, 4) is 0 Å². The highest BCUT2D eigenvalue weighted by atomic mass is 35.5. The van der Waals surface area contributed by atoms with E-state index in [9.17, 15) is 0 Å². The molecule has 0 radical (unpaired) electrons. The van der Waals surface area contributed by atoms with E-state index in [4.69, 9.17) is 17.3 Å². The van der Waals surface area contributed by atoms with Crippen LogP contribution in [0.4, 0.5) is 5.95 Å². The Morgan fingerprint density at radius 3 is 2.64 bits per heavy atom. The number of nitrogen functional groups attached to an aromatic ring is 1. The van der Waals surface area contributed by atoms with Gasteiger partial charge in [-0.2, -0.15) is 0 Å². The monoisotopic (exact) mass is 171 g/mol. The first-order chi connectivity index (χ1) is 5.11. The maximum absolute atomic E-state index is 5.81. The molecule has 0 saturated carbocycles. The zero-order valence-electron chi connectivity index (χ0n) is 6.50. The Hall–Kier alpha value is -0.830. The average molecular weight is 172 g/mol. The predicted molar refractivity (Wildman–Crippen MR) is 45.5 cm³/mol. The van der Waals surface area contributed by atoms with Gasteiger partial charge < -0.3 is 5.73 Å². The third kappa shape index (κ3) is 1.80. The van der Waals surface area contributed by atoms with Gasteiger partial charge >= 0.3 is 0 Å². The lowest BCUT2D eigenvalue weighted by Gasteiger charge is -2.05. The molecule has 0 aliphatic rings. The summed E-state index contributed by atoms with van der Waals surface area (Å²) in [6.45, 7) is 4.02. The van der Waals surface area contributed by atoms with Gasteiger partial charge in [-0.15, -0.1) is 0 Å². The molecule has 1 aromatic rings. The van der Waals surface area contributed by atoms with Crippen molar-refractivity contribution in [3.05, 3.63) is 16.9 Å². The second-order valence-electron chi connectivity index (χ2n) is 2.62. The molecule has 0 fully saturated rings. The van der Waals surface area contributed by atoms with E-state index in [1.165, 1.54) is 6.20 Å². The minimum absolute atomic E-state index is 0.276. The van der Waals surface area contributed by atoms with E-state index in [-0.39, 0.29) is 11.9 Å². The van der Waals surface area contributed by atoms with Gasteiger partial charge in [-0.05, 0) is 5.92 Å². The number of hydrogen-bond donors (Lipinski definition) is 1. The highest BCUT2D eigenvalue weighted by Crippen LogP contribution is 2.20. The van der Waals surface area contributed by atoms with Crippen LogP contribution in [0.3, 0.4) is 0 Å². The van der Waals surface area contributed by atoms with E-state index in [0.717, 1.165) is 5.69 Å². The van der Waals surface area contributed by atoms with E-state index >= 15 is 0 Å². The molecule has 0 atom stereocenters. The smallest absolute Gasteiger partial charge is 0.220 e. The van der Waals surface area contributed by atoms with Crippen LogP contribution in [-0.2, 0) is 0 Å². The molecule has 0 aliphatic carbocycles. The molecule has 4 heteroatoms. The van der Waals surface area contributed by atoms with Crippen molar-refractivity contribution in [2.45, 2.75) is 19.8 Å². The molecule has 0 bridgehead atoms.